The molecule has 1 aliphatic carbocycles. The van der Waals surface area contributed by atoms with Gasteiger partial charge in [-0.15, -0.1) is 0 Å². The topological polar surface area (TPSA) is 33.0 Å². The van der Waals surface area contributed by atoms with Crippen LogP contribution in [0.3, 0.4) is 0 Å². The van der Waals surface area contributed by atoms with Crippen LogP contribution in [-0.2, 0) is 0 Å². The molecule has 0 atom stereocenters. The van der Waals surface area contributed by atoms with Crippen molar-refractivity contribution in [3.05, 3.63) is 29.8 Å². The van der Waals surface area contributed by atoms with Crippen molar-refractivity contribution >= 4 is 0 Å². The summed E-state index contributed by atoms with van der Waals surface area (Å²) in [6.07, 6.45) is 2.64. The lowest BCUT2D eigenvalue weighted by Crippen LogP contribution is -2.36. The largest absolute Gasteiger partial charge is 0.490 e. The second kappa shape index (κ2) is 4.57. The number of ether oxygens (including phenoxy) is 1. The molecule has 0 radical (unpaired) electrons. The highest BCUT2D eigenvalue weighted by molar-refractivity contribution is 5.36. The van der Waals surface area contributed by atoms with Crippen molar-refractivity contribution in [2.45, 2.75) is 32.8 Å². The summed E-state index contributed by atoms with van der Waals surface area (Å²) in [6, 6.07) is 9.52. The highest BCUT2D eigenvalue weighted by Gasteiger charge is 2.32. The second-order valence-electron chi connectivity index (χ2n) is 4.85. The van der Waals surface area contributed by atoms with E-state index in [0.717, 1.165) is 30.4 Å². The van der Waals surface area contributed by atoms with E-state index in [1.54, 1.807) is 6.07 Å². The van der Waals surface area contributed by atoms with Crippen molar-refractivity contribution in [3.63, 3.8) is 0 Å². The Labute approximate surface area is 96.9 Å². The van der Waals surface area contributed by atoms with E-state index in [1.807, 2.05) is 18.2 Å². The Morgan fingerprint density at radius 3 is 2.75 bits per heavy atom. The number of hydrogen-bond donors (Lipinski definition) is 0. The average Bonchev–Trinajstić information content (AvgIpc) is 2.22. The molecule has 1 aromatic carbocycles. The zero-order valence-electron chi connectivity index (χ0n) is 9.81. The van der Waals surface area contributed by atoms with Crippen LogP contribution in [0.25, 0.3) is 0 Å². The molecule has 16 heavy (non-hydrogen) atoms. The molecule has 1 aliphatic rings. The van der Waals surface area contributed by atoms with Gasteiger partial charge >= 0.3 is 0 Å². The van der Waals surface area contributed by atoms with Gasteiger partial charge in [-0.25, -0.2) is 0 Å². The molecule has 0 aromatic heterocycles. The Kier molecular flexibility index (Phi) is 3.14. The Hall–Kier alpha value is -1.49. The van der Waals surface area contributed by atoms with E-state index < -0.39 is 0 Å². The molecule has 0 spiro atoms. The predicted molar refractivity (Wildman–Crippen MR) is 63.1 cm³/mol. The quantitative estimate of drug-likeness (QED) is 0.774. The Morgan fingerprint density at radius 1 is 1.38 bits per heavy atom. The van der Waals surface area contributed by atoms with E-state index in [4.69, 9.17) is 10.00 Å². The first-order valence-corrected chi connectivity index (χ1v) is 5.86. The van der Waals surface area contributed by atoms with Gasteiger partial charge < -0.3 is 4.74 Å². The van der Waals surface area contributed by atoms with Crippen molar-refractivity contribution < 1.29 is 4.74 Å². The minimum absolute atomic E-state index is 0.348. The van der Waals surface area contributed by atoms with Crippen molar-refractivity contribution in [1.82, 2.24) is 0 Å². The lowest BCUT2D eigenvalue weighted by molar-refractivity contribution is 0.0417. The van der Waals surface area contributed by atoms with Gasteiger partial charge in [-0.2, -0.15) is 5.26 Å². The molecule has 2 heteroatoms. The van der Waals surface area contributed by atoms with Crippen LogP contribution >= 0.6 is 0 Å². The first-order valence-electron chi connectivity index (χ1n) is 5.86. The minimum Gasteiger partial charge on any atom is -0.490 e. The molecule has 0 N–H and O–H groups in total. The van der Waals surface area contributed by atoms with Gasteiger partial charge in [-0.3, -0.25) is 0 Å². The zero-order valence-corrected chi connectivity index (χ0v) is 9.81. The summed E-state index contributed by atoms with van der Waals surface area (Å²) in [5, 5.41) is 8.78. The van der Waals surface area contributed by atoms with Gasteiger partial charge in [0.05, 0.1) is 17.7 Å². The van der Waals surface area contributed by atoms with Gasteiger partial charge in [0, 0.05) is 0 Å². The number of rotatable bonds is 3. The predicted octanol–water partition coefficient (Wildman–Crippen LogP) is 3.37. The Bertz CT molecular complexity index is 399. The summed E-state index contributed by atoms with van der Waals surface area (Å²) < 4.78 is 5.82. The number of nitriles is 1. The molecular weight excluding hydrogens is 198 g/mol. The highest BCUT2D eigenvalue weighted by Crippen LogP contribution is 2.36. The van der Waals surface area contributed by atoms with Gasteiger partial charge in [-0.1, -0.05) is 19.9 Å². The lowest BCUT2D eigenvalue weighted by Gasteiger charge is -2.37. The van der Waals surface area contributed by atoms with Gasteiger partial charge in [0.25, 0.3) is 0 Å². The first kappa shape index (κ1) is 11.0. The molecule has 1 fully saturated rings. The van der Waals surface area contributed by atoms with Crippen LogP contribution in [0.1, 0.15) is 32.3 Å². The fourth-order valence-corrected chi connectivity index (χ4v) is 2.08. The van der Waals surface area contributed by atoms with Crippen LogP contribution < -0.4 is 4.74 Å². The fourth-order valence-electron chi connectivity index (χ4n) is 2.08. The van der Waals surface area contributed by atoms with E-state index in [0.29, 0.717) is 11.7 Å². The van der Waals surface area contributed by atoms with Crippen LogP contribution in [-0.4, -0.2) is 6.10 Å². The molecule has 0 amide bonds. The monoisotopic (exact) mass is 215 g/mol. The maximum Gasteiger partial charge on any atom is 0.121 e. The third-order valence-electron chi connectivity index (χ3n) is 3.34. The van der Waals surface area contributed by atoms with Crippen molar-refractivity contribution in [2.24, 2.45) is 11.8 Å². The summed E-state index contributed by atoms with van der Waals surface area (Å²) in [6.45, 7) is 4.52. The van der Waals surface area contributed by atoms with Crippen LogP contribution in [0.15, 0.2) is 24.3 Å². The SMILES string of the molecule is CC(C)C1CC(Oc2cccc(C#N)c2)C1. The summed E-state index contributed by atoms with van der Waals surface area (Å²) >= 11 is 0. The molecule has 2 rings (SSSR count). The van der Waals surface area contributed by atoms with Gasteiger partial charge in [0.1, 0.15) is 5.75 Å². The summed E-state index contributed by atoms with van der Waals surface area (Å²) in [7, 11) is 0. The lowest BCUT2D eigenvalue weighted by atomic mass is 9.75. The third-order valence-corrected chi connectivity index (χ3v) is 3.34. The molecule has 0 saturated heterocycles. The maximum absolute atomic E-state index is 8.78. The van der Waals surface area contributed by atoms with Gasteiger partial charge in [-0.05, 0) is 42.9 Å². The van der Waals surface area contributed by atoms with Crippen LogP contribution in [0, 0.1) is 23.2 Å². The molecule has 84 valence electrons. The van der Waals surface area contributed by atoms with E-state index in [2.05, 4.69) is 19.9 Å². The van der Waals surface area contributed by atoms with E-state index in [1.165, 1.54) is 0 Å². The van der Waals surface area contributed by atoms with Gasteiger partial charge in [0.2, 0.25) is 0 Å². The molecule has 2 nitrogen and oxygen atoms in total. The maximum atomic E-state index is 8.78. The summed E-state index contributed by atoms with van der Waals surface area (Å²) in [5.41, 5.74) is 0.664. The number of nitrogens with zero attached hydrogens (tertiary/aromatic N) is 1. The normalized spacial score (nSPS) is 23.6. The molecule has 1 saturated carbocycles. The molecule has 1 aromatic rings. The Morgan fingerprint density at radius 2 is 2.12 bits per heavy atom. The van der Waals surface area contributed by atoms with Crippen molar-refractivity contribution in [1.29, 1.82) is 5.26 Å². The van der Waals surface area contributed by atoms with Crippen LogP contribution in [0.5, 0.6) is 5.75 Å². The second-order valence-corrected chi connectivity index (χ2v) is 4.85. The van der Waals surface area contributed by atoms with E-state index in [9.17, 15) is 0 Å². The average molecular weight is 215 g/mol. The first-order chi connectivity index (χ1) is 7.69. The Balaban J connectivity index is 1.89. The van der Waals surface area contributed by atoms with E-state index >= 15 is 0 Å². The minimum atomic E-state index is 0.348. The molecule has 0 heterocycles. The smallest absolute Gasteiger partial charge is 0.121 e. The number of hydrogen-bond acceptors (Lipinski definition) is 2. The van der Waals surface area contributed by atoms with Crippen LogP contribution in [0.4, 0.5) is 0 Å². The van der Waals surface area contributed by atoms with Crippen molar-refractivity contribution in [2.75, 3.05) is 0 Å². The van der Waals surface area contributed by atoms with Crippen molar-refractivity contribution in [3.8, 4) is 11.8 Å². The third kappa shape index (κ3) is 2.36. The highest BCUT2D eigenvalue weighted by atomic mass is 16.5. The summed E-state index contributed by atoms with van der Waals surface area (Å²) in [5.74, 6) is 2.39. The molecular formula is C14H17NO. The van der Waals surface area contributed by atoms with Crippen LogP contribution in [0.2, 0.25) is 0 Å². The van der Waals surface area contributed by atoms with Gasteiger partial charge in [0.15, 0.2) is 0 Å². The number of benzene rings is 1. The standard InChI is InChI=1S/C14H17NO/c1-10(2)12-7-14(8-12)16-13-5-3-4-11(6-13)9-15/h3-6,10,12,14H,7-8H2,1-2H3. The molecule has 0 aliphatic heterocycles. The molecule has 0 bridgehead atoms. The fraction of sp³-hybridized carbons (Fsp3) is 0.500. The molecule has 0 unspecified atom stereocenters. The summed E-state index contributed by atoms with van der Waals surface area (Å²) in [4.78, 5) is 0. The van der Waals surface area contributed by atoms with E-state index in [-0.39, 0.29) is 0 Å². The zero-order chi connectivity index (χ0) is 11.5.